The molecule has 0 atom stereocenters. The Kier molecular flexibility index (Phi) is 4.87. The van der Waals surface area contributed by atoms with Crippen LogP contribution in [0.3, 0.4) is 0 Å². The third-order valence-corrected chi connectivity index (χ3v) is 4.18. The minimum atomic E-state index is -4.00. The van der Waals surface area contributed by atoms with Crippen molar-refractivity contribution in [2.45, 2.75) is 18.6 Å². The first kappa shape index (κ1) is 15.8. The normalized spacial score (nSPS) is 11.6. The maximum absolute atomic E-state index is 13.7. The molecule has 0 aliphatic rings. The number of nitrogens with one attached hydrogen (secondary N) is 2. The van der Waals surface area contributed by atoms with Gasteiger partial charge >= 0.3 is 0 Å². The van der Waals surface area contributed by atoms with Crippen LogP contribution in [0.2, 0.25) is 5.02 Å². The summed E-state index contributed by atoms with van der Waals surface area (Å²) in [4.78, 5) is 0. The maximum Gasteiger partial charge on any atom is 0.295 e. The second-order valence-electron chi connectivity index (χ2n) is 4.21. The molecule has 1 aromatic carbocycles. The van der Waals surface area contributed by atoms with Gasteiger partial charge in [0.05, 0.1) is 17.3 Å². The summed E-state index contributed by atoms with van der Waals surface area (Å²) in [6.45, 7) is 3.07. The smallest absolute Gasteiger partial charge is 0.295 e. The third-order valence-electron chi connectivity index (χ3n) is 2.65. The summed E-state index contributed by atoms with van der Waals surface area (Å²) in [5, 5.41) is 2.56. The Morgan fingerprint density at radius 3 is 2.76 bits per heavy atom. The highest BCUT2D eigenvalue weighted by molar-refractivity contribution is 7.92. The number of hydrogen-bond donors (Lipinski definition) is 2. The lowest BCUT2D eigenvalue weighted by Crippen LogP contribution is -2.14. The molecule has 2 rings (SSSR count). The van der Waals surface area contributed by atoms with E-state index in [0.29, 0.717) is 12.3 Å². The van der Waals surface area contributed by atoms with E-state index in [1.807, 2.05) is 6.92 Å². The summed E-state index contributed by atoms with van der Waals surface area (Å²) in [6, 6.07) is 6.92. The molecule has 8 heteroatoms. The van der Waals surface area contributed by atoms with E-state index in [4.69, 9.17) is 16.0 Å². The van der Waals surface area contributed by atoms with E-state index in [1.165, 1.54) is 24.3 Å². The first-order valence-corrected chi connectivity index (χ1v) is 8.06. The Morgan fingerprint density at radius 1 is 1.29 bits per heavy atom. The molecule has 0 spiro atoms. The van der Waals surface area contributed by atoms with Gasteiger partial charge < -0.3 is 9.73 Å². The van der Waals surface area contributed by atoms with E-state index in [9.17, 15) is 12.8 Å². The largest absolute Gasteiger partial charge is 0.446 e. The van der Waals surface area contributed by atoms with Crippen molar-refractivity contribution >= 4 is 27.3 Å². The molecule has 1 heterocycles. The van der Waals surface area contributed by atoms with Crippen LogP contribution in [0.5, 0.6) is 0 Å². The fraction of sp³-hybridized carbons (Fsp3) is 0.231. The van der Waals surface area contributed by atoms with Crippen molar-refractivity contribution in [3.05, 3.63) is 46.9 Å². The average molecular weight is 333 g/mol. The minimum absolute atomic E-state index is 0.164. The molecule has 21 heavy (non-hydrogen) atoms. The number of anilines is 1. The number of hydrogen-bond acceptors (Lipinski definition) is 4. The van der Waals surface area contributed by atoms with Gasteiger partial charge in [0, 0.05) is 0 Å². The molecule has 0 unspecified atom stereocenters. The first-order chi connectivity index (χ1) is 9.94. The summed E-state index contributed by atoms with van der Waals surface area (Å²) < 4.78 is 45.3. The highest BCUT2D eigenvalue weighted by atomic mass is 35.5. The van der Waals surface area contributed by atoms with Gasteiger partial charge in [-0.25, -0.2) is 4.39 Å². The summed E-state index contributed by atoms with van der Waals surface area (Å²) in [5.74, 6) is -0.356. The van der Waals surface area contributed by atoms with Crippen LogP contribution < -0.4 is 10.0 Å². The Morgan fingerprint density at radius 2 is 2.05 bits per heavy atom. The van der Waals surface area contributed by atoms with Crippen LogP contribution in [-0.4, -0.2) is 15.0 Å². The van der Waals surface area contributed by atoms with Gasteiger partial charge in [0.15, 0.2) is 5.82 Å². The number of rotatable bonds is 6. The lowest BCUT2D eigenvalue weighted by molar-refractivity contribution is 0.405. The number of sulfonamides is 1. The van der Waals surface area contributed by atoms with Crippen LogP contribution in [-0.2, 0) is 16.6 Å². The summed E-state index contributed by atoms with van der Waals surface area (Å²) >= 11 is 5.61. The van der Waals surface area contributed by atoms with Crippen molar-refractivity contribution in [1.29, 1.82) is 0 Å². The molecule has 1 aromatic heterocycles. The van der Waals surface area contributed by atoms with E-state index in [2.05, 4.69) is 10.0 Å². The zero-order valence-electron chi connectivity index (χ0n) is 11.2. The molecule has 0 fully saturated rings. The van der Waals surface area contributed by atoms with Crippen molar-refractivity contribution in [2.24, 2.45) is 0 Å². The topological polar surface area (TPSA) is 71.3 Å². The monoisotopic (exact) mass is 332 g/mol. The second kappa shape index (κ2) is 6.46. The van der Waals surface area contributed by atoms with Crippen molar-refractivity contribution in [1.82, 2.24) is 5.32 Å². The predicted molar refractivity (Wildman–Crippen MR) is 78.3 cm³/mol. The summed E-state index contributed by atoms with van der Waals surface area (Å²) in [6.07, 6.45) is 0. The van der Waals surface area contributed by atoms with Crippen LogP contribution in [0.25, 0.3) is 0 Å². The predicted octanol–water partition coefficient (Wildman–Crippen LogP) is 2.98. The van der Waals surface area contributed by atoms with E-state index < -0.39 is 15.8 Å². The summed E-state index contributed by atoms with van der Waals surface area (Å²) in [5.41, 5.74) is -0.230. The van der Waals surface area contributed by atoms with Crippen LogP contribution in [0.1, 0.15) is 12.7 Å². The number of benzene rings is 1. The highest BCUT2D eigenvalue weighted by Crippen LogP contribution is 2.25. The van der Waals surface area contributed by atoms with Crippen molar-refractivity contribution in [3.8, 4) is 0 Å². The Labute approximate surface area is 127 Å². The van der Waals surface area contributed by atoms with Crippen molar-refractivity contribution in [2.75, 3.05) is 11.3 Å². The summed E-state index contributed by atoms with van der Waals surface area (Å²) in [7, 11) is -4.00. The van der Waals surface area contributed by atoms with Gasteiger partial charge in [-0.15, -0.1) is 0 Å². The van der Waals surface area contributed by atoms with E-state index in [0.717, 1.165) is 6.54 Å². The molecule has 0 saturated heterocycles. The Hall–Kier alpha value is -1.57. The molecule has 0 saturated carbocycles. The van der Waals surface area contributed by atoms with Gasteiger partial charge in [0.25, 0.3) is 10.0 Å². The first-order valence-electron chi connectivity index (χ1n) is 6.20. The van der Waals surface area contributed by atoms with Crippen LogP contribution in [0, 0.1) is 5.82 Å². The van der Waals surface area contributed by atoms with Gasteiger partial charge in [0.1, 0.15) is 5.76 Å². The molecule has 0 aliphatic carbocycles. The number of furan rings is 1. The van der Waals surface area contributed by atoms with E-state index >= 15 is 0 Å². The molecule has 2 aromatic rings. The van der Waals surface area contributed by atoms with Gasteiger partial charge in [0.2, 0.25) is 5.09 Å². The third kappa shape index (κ3) is 3.75. The van der Waals surface area contributed by atoms with Crippen LogP contribution in [0.4, 0.5) is 10.1 Å². The molecular formula is C13H14ClFN2O3S. The van der Waals surface area contributed by atoms with Gasteiger partial charge in [-0.2, -0.15) is 8.42 Å². The molecule has 0 radical (unpaired) electrons. The van der Waals surface area contributed by atoms with E-state index in [-0.39, 0.29) is 15.8 Å². The molecule has 0 aliphatic heterocycles. The lowest BCUT2D eigenvalue weighted by atomic mass is 10.3. The quantitative estimate of drug-likeness (QED) is 0.853. The Bertz CT molecular complexity index is 731. The van der Waals surface area contributed by atoms with Crippen LogP contribution in [0.15, 0.2) is 39.8 Å². The zero-order chi connectivity index (χ0) is 15.5. The fourth-order valence-electron chi connectivity index (χ4n) is 1.62. The van der Waals surface area contributed by atoms with E-state index in [1.54, 1.807) is 6.07 Å². The molecule has 2 N–H and O–H groups in total. The highest BCUT2D eigenvalue weighted by Gasteiger charge is 2.21. The number of halogens is 2. The standard InChI is InChI=1S/C13H14ClFN2O3S/c1-2-16-8-9-6-7-12(20-9)21(18,19)17-11-5-3-4-10(14)13(11)15/h3-7,16-17H,2,8H2,1H3. The Balaban J connectivity index is 2.22. The van der Waals surface area contributed by atoms with Gasteiger partial charge in [-0.3, -0.25) is 4.72 Å². The average Bonchev–Trinajstić information content (AvgIpc) is 2.91. The van der Waals surface area contributed by atoms with Crippen molar-refractivity contribution < 1.29 is 17.2 Å². The molecule has 114 valence electrons. The fourth-order valence-corrected chi connectivity index (χ4v) is 2.81. The van der Waals surface area contributed by atoms with Crippen LogP contribution >= 0.6 is 11.6 Å². The second-order valence-corrected chi connectivity index (χ2v) is 6.23. The molecular weight excluding hydrogens is 319 g/mol. The van der Waals surface area contributed by atoms with Gasteiger partial charge in [-0.05, 0) is 30.8 Å². The maximum atomic E-state index is 13.7. The molecule has 0 amide bonds. The van der Waals surface area contributed by atoms with Gasteiger partial charge in [-0.1, -0.05) is 24.6 Å². The molecule has 0 bridgehead atoms. The minimum Gasteiger partial charge on any atom is -0.446 e. The lowest BCUT2D eigenvalue weighted by Gasteiger charge is -2.07. The molecule has 5 nitrogen and oxygen atoms in total. The SMILES string of the molecule is CCNCc1ccc(S(=O)(=O)Nc2cccc(Cl)c2F)o1. The van der Waals surface area contributed by atoms with Crippen molar-refractivity contribution in [3.63, 3.8) is 0 Å². The zero-order valence-corrected chi connectivity index (χ0v) is 12.8.